The summed E-state index contributed by atoms with van der Waals surface area (Å²) in [5, 5.41) is 14.7. The lowest BCUT2D eigenvalue weighted by Crippen LogP contribution is -2.40. The number of rotatable bonds is 8. The van der Waals surface area contributed by atoms with Crippen molar-refractivity contribution in [2.45, 2.75) is 32.2 Å². The van der Waals surface area contributed by atoms with Crippen molar-refractivity contribution >= 4 is 29.2 Å². The first kappa shape index (κ1) is 20.9. The summed E-state index contributed by atoms with van der Waals surface area (Å²) in [4.78, 5) is 34.9. The number of halogens is 1. The Labute approximate surface area is 161 Å². The summed E-state index contributed by atoms with van der Waals surface area (Å²) in [5.74, 6) is -1.65. The average molecular weight is 400 g/mol. The van der Waals surface area contributed by atoms with Gasteiger partial charge in [-0.25, -0.2) is 4.79 Å². The van der Waals surface area contributed by atoms with Crippen molar-refractivity contribution in [2.24, 2.45) is 0 Å². The van der Waals surface area contributed by atoms with Gasteiger partial charge in [-0.2, -0.15) is 5.01 Å². The SMILES string of the molecule is CCOC(=O)COc1ccc(C2C(=O)N(CC)N(CC)C2Cl)cc1[N+](=O)[O-]. The molecule has 0 N–H and O–H groups in total. The Morgan fingerprint density at radius 3 is 2.52 bits per heavy atom. The topological polar surface area (TPSA) is 102 Å². The van der Waals surface area contributed by atoms with Gasteiger partial charge in [0.1, 0.15) is 5.50 Å². The van der Waals surface area contributed by atoms with Crippen LogP contribution in [0, 0.1) is 10.1 Å². The van der Waals surface area contributed by atoms with E-state index in [0.717, 1.165) is 0 Å². The Morgan fingerprint density at radius 1 is 1.30 bits per heavy atom. The fourth-order valence-corrected chi connectivity index (χ4v) is 3.52. The molecule has 2 unspecified atom stereocenters. The molecule has 1 aliphatic heterocycles. The molecule has 0 aromatic heterocycles. The number of carbonyl (C=O) groups is 2. The third-order valence-corrected chi connectivity index (χ3v) is 4.68. The number of hydrogen-bond acceptors (Lipinski definition) is 7. The summed E-state index contributed by atoms with van der Waals surface area (Å²) >= 11 is 6.46. The van der Waals surface area contributed by atoms with Gasteiger partial charge in [0.05, 0.1) is 17.4 Å². The molecule has 10 heteroatoms. The fourth-order valence-electron chi connectivity index (χ4n) is 3.03. The number of esters is 1. The standard InChI is InChI=1S/C17H22ClN3O6/c1-4-19-16(18)15(17(23)20(19)5-2)11-7-8-13(12(9-11)21(24)25)27-10-14(22)26-6-3/h7-9,15-16H,4-6,10H2,1-3H3. The number of hydrogen-bond donors (Lipinski definition) is 0. The number of benzene rings is 1. The number of amides is 1. The van der Waals surface area contributed by atoms with Gasteiger partial charge in [0, 0.05) is 19.2 Å². The van der Waals surface area contributed by atoms with Crippen LogP contribution in [-0.2, 0) is 14.3 Å². The van der Waals surface area contributed by atoms with Crippen molar-refractivity contribution in [3.63, 3.8) is 0 Å². The summed E-state index contributed by atoms with van der Waals surface area (Å²) in [6.45, 7) is 6.09. The molecule has 1 aromatic carbocycles. The van der Waals surface area contributed by atoms with Crippen molar-refractivity contribution in [2.75, 3.05) is 26.3 Å². The van der Waals surface area contributed by atoms with Crippen LogP contribution in [0.3, 0.4) is 0 Å². The number of likely N-dealkylation sites (N-methyl/N-ethyl adjacent to an activating group) is 2. The van der Waals surface area contributed by atoms with E-state index in [2.05, 4.69) is 0 Å². The van der Waals surface area contributed by atoms with E-state index in [1.165, 1.54) is 12.1 Å². The predicted octanol–water partition coefficient (Wildman–Crippen LogP) is 2.28. The molecule has 0 bridgehead atoms. The Kier molecular flexibility index (Phi) is 6.98. The molecule has 9 nitrogen and oxygen atoms in total. The van der Waals surface area contributed by atoms with Gasteiger partial charge in [-0.15, -0.1) is 11.6 Å². The summed E-state index contributed by atoms with van der Waals surface area (Å²) in [5.41, 5.74) is -0.565. The zero-order valence-electron chi connectivity index (χ0n) is 15.4. The first-order chi connectivity index (χ1) is 12.8. The molecule has 1 saturated heterocycles. The molecule has 27 heavy (non-hydrogen) atoms. The number of nitro groups is 1. The van der Waals surface area contributed by atoms with Crippen LogP contribution in [0.4, 0.5) is 5.69 Å². The van der Waals surface area contributed by atoms with E-state index in [-0.39, 0.29) is 24.0 Å². The van der Waals surface area contributed by atoms with E-state index in [1.54, 1.807) is 23.0 Å². The van der Waals surface area contributed by atoms with Gasteiger partial charge in [0.2, 0.25) is 5.91 Å². The molecule has 1 amide bonds. The average Bonchev–Trinajstić information content (AvgIpc) is 2.89. The maximum absolute atomic E-state index is 12.7. The summed E-state index contributed by atoms with van der Waals surface area (Å²) in [6, 6.07) is 4.19. The van der Waals surface area contributed by atoms with Crippen LogP contribution in [0.2, 0.25) is 0 Å². The summed E-state index contributed by atoms with van der Waals surface area (Å²) in [7, 11) is 0. The first-order valence-corrected chi connectivity index (χ1v) is 9.08. The lowest BCUT2D eigenvalue weighted by atomic mass is 9.98. The highest BCUT2D eigenvalue weighted by atomic mass is 35.5. The highest BCUT2D eigenvalue weighted by Crippen LogP contribution is 2.39. The minimum absolute atomic E-state index is 0.0759. The van der Waals surface area contributed by atoms with Crippen molar-refractivity contribution in [3.8, 4) is 5.75 Å². The normalized spacial score (nSPS) is 20.0. The second-order valence-corrected chi connectivity index (χ2v) is 6.19. The fraction of sp³-hybridized carbons (Fsp3) is 0.529. The molecule has 0 spiro atoms. The Balaban J connectivity index is 2.31. The van der Waals surface area contributed by atoms with Crippen LogP contribution in [-0.4, -0.2) is 58.6 Å². The number of nitro benzene ring substituents is 1. The third-order valence-electron chi connectivity index (χ3n) is 4.20. The number of alkyl halides is 1. The molecule has 0 aliphatic carbocycles. The smallest absolute Gasteiger partial charge is 0.344 e. The minimum atomic E-state index is -0.732. The molecule has 1 aromatic rings. The van der Waals surface area contributed by atoms with Gasteiger partial charge in [0.25, 0.3) is 0 Å². The molecule has 2 rings (SSSR count). The lowest BCUT2D eigenvalue weighted by Gasteiger charge is -2.27. The van der Waals surface area contributed by atoms with Crippen LogP contribution >= 0.6 is 11.6 Å². The maximum Gasteiger partial charge on any atom is 0.344 e. The molecule has 148 valence electrons. The van der Waals surface area contributed by atoms with Crippen molar-refractivity contribution in [1.82, 2.24) is 10.0 Å². The van der Waals surface area contributed by atoms with Crippen LogP contribution in [0.5, 0.6) is 5.75 Å². The van der Waals surface area contributed by atoms with Gasteiger partial charge >= 0.3 is 11.7 Å². The Bertz CT molecular complexity index is 729. The number of carbonyl (C=O) groups excluding carboxylic acids is 2. The zero-order chi connectivity index (χ0) is 20.1. The Morgan fingerprint density at radius 2 is 2.00 bits per heavy atom. The maximum atomic E-state index is 12.7. The molecule has 0 saturated carbocycles. The monoisotopic (exact) mass is 399 g/mol. The van der Waals surface area contributed by atoms with Crippen molar-refractivity contribution in [1.29, 1.82) is 0 Å². The molecule has 1 heterocycles. The molecule has 0 radical (unpaired) electrons. The van der Waals surface area contributed by atoms with Gasteiger partial charge < -0.3 is 9.47 Å². The zero-order valence-corrected chi connectivity index (χ0v) is 16.1. The quantitative estimate of drug-likeness (QED) is 0.217. The van der Waals surface area contributed by atoms with Gasteiger partial charge in [0.15, 0.2) is 12.4 Å². The van der Waals surface area contributed by atoms with Gasteiger partial charge in [-0.3, -0.25) is 19.9 Å². The molecular formula is C17H22ClN3O6. The van der Waals surface area contributed by atoms with E-state index in [4.69, 9.17) is 21.1 Å². The van der Waals surface area contributed by atoms with Gasteiger partial charge in [-0.1, -0.05) is 13.0 Å². The second kappa shape index (κ2) is 9.01. The summed E-state index contributed by atoms with van der Waals surface area (Å²) in [6.07, 6.45) is 0. The van der Waals surface area contributed by atoms with E-state index in [9.17, 15) is 19.7 Å². The molecule has 1 fully saturated rings. The van der Waals surface area contributed by atoms with Crippen molar-refractivity contribution < 1.29 is 24.0 Å². The Hall–Kier alpha value is -2.39. The van der Waals surface area contributed by atoms with Crippen molar-refractivity contribution in [3.05, 3.63) is 33.9 Å². The third kappa shape index (κ3) is 4.30. The molecular weight excluding hydrogens is 378 g/mol. The lowest BCUT2D eigenvalue weighted by molar-refractivity contribution is -0.385. The molecule has 1 aliphatic rings. The van der Waals surface area contributed by atoms with Crippen LogP contribution in [0.25, 0.3) is 0 Å². The number of nitrogens with zero attached hydrogens (tertiary/aromatic N) is 3. The summed E-state index contributed by atoms with van der Waals surface area (Å²) < 4.78 is 9.95. The highest BCUT2D eigenvalue weighted by molar-refractivity contribution is 6.23. The van der Waals surface area contributed by atoms with E-state index in [1.807, 2.05) is 13.8 Å². The second-order valence-electron chi connectivity index (χ2n) is 5.74. The van der Waals surface area contributed by atoms with Gasteiger partial charge in [-0.05, 0) is 25.5 Å². The van der Waals surface area contributed by atoms with E-state index < -0.39 is 28.9 Å². The largest absolute Gasteiger partial charge is 0.475 e. The molecule has 2 atom stereocenters. The van der Waals surface area contributed by atoms with E-state index >= 15 is 0 Å². The van der Waals surface area contributed by atoms with Crippen LogP contribution < -0.4 is 4.74 Å². The van der Waals surface area contributed by atoms with Crippen LogP contribution in [0.1, 0.15) is 32.3 Å². The van der Waals surface area contributed by atoms with Crippen LogP contribution in [0.15, 0.2) is 18.2 Å². The first-order valence-electron chi connectivity index (χ1n) is 8.64. The van der Waals surface area contributed by atoms with E-state index in [0.29, 0.717) is 18.7 Å². The predicted molar refractivity (Wildman–Crippen MR) is 97.4 cm³/mol. The number of hydrazine groups is 1. The minimum Gasteiger partial charge on any atom is -0.475 e. The number of ether oxygens (including phenoxy) is 2. The highest BCUT2D eigenvalue weighted by Gasteiger charge is 2.45.